The summed E-state index contributed by atoms with van der Waals surface area (Å²) in [5.74, 6) is 0.678. The molecule has 11 nitrogen and oxygen atoms in total. The van der Waals surface area contributed by atoms with Crippen molar-refractivity contribution in [2.24, 2.45) is 7.05 Å². The number of ether oxygens (including phenoxy) is 1. The lowest BCUT2D eigenvalue weighted by Gasteiger charge is -2.25. The lowest BCUT2D eigenvalue weighted by Crippen LogP contribution is -2.54. The van der Waals surface area contributed by atoms with E-state index in [-0.39, 0.29) is 13.0 Å². The molecule has 0 aliphatic heterocycles. The van der Waals surface area contributed by atoms with Gasteiger partial charge in [0.25, 0.3) is 0 Å². The second kappa shape index (κ2) is 11.5. The van der Waals surface area contributed by atoms with Gasteiger partial charge in [0.15, 0.2) is 0 Å². The van der Waals surface area contributed by atoms with Crippen molar-refractivity contribution in [3.8, 4) is 5.75 Å². The first-order valence-corrected chi connectivity index (χ1v) is 12.2. The van der Waals surface area contributed by atoms with Crippen molar-refractivity contribution in [3.05, 3.63) is 78.4 Å². The molecule has 1 heterocycles. The Bertz CT molecular complexity index is 1240. The van der Waals surface area contributed by atoms with Crippen LogP contribution in [0.1, 0.15) is 11.4 Å². The average Bonchev–Trinajstić information content (AvgIpc) is 3.26. The highest BCUT2D eigenvalue weighted by molar-refractivity contribution is 7.88. The van der Waals surface area contributed by atoms with Gasteiger partial charge >= 0.3 is 16.2 Å². The van der Waals surface area contributed by atoms with Crippen molar-refractivity contribution >= 4 is 27.8 Å². The van der Waals surface area contributed by atoms with E-state index in [1.807, 2.05) is 35.1 Å². The van der Waals surface area contributed by atoms with Crippen molar-refractivity contribution in [1.29, 1.82) is 0 Å². The molecular formula is C23H28N6O5S. The fourth-order valence-corrected chi connectivity index (χ4v) is 3.98. The number of methoxy groups -OCH3 is 1. The van der Waals surface area contributed by atoms with Gasteiger partial charge in [-0.3, -0.25) is 4.79 Å². The van der Waals surface area contributed by atoms with Crippen molar-refractivity contribution in [1.82, 2.24) is 24.3 Å². The van der Waals surface area contributed by atoms with Crippen LogP contribution >= 0.6 is 0 Å². The summed E-state index contributed by atoms with van der Waals surface area (Å²) in [6.45, 7) is -0.112. The summed E-state index contributed by atoms with van der Waals surface area (Å²) in [5.41, 5.74) is 1.38. The highest BCUT2D eigenvalue weighted by atomic mass is 32.2. The molecular weight excluding hydrogens is 472 g/mol. The first kappa shape index (κ1) is 25.7. The number of benzene rings is 2. The standard InChI is InChI=1S/C23H28N6O5S/c1-28-14-13-24-21(28)16-25-35(32,33)27-23(31)26-20(15-17-7-5-4-6-8-17)22(30)29(2)18-9-11-19(34-3)12-10-18/h4-14,20,25H,15-16H2,1-3H3,(H2,26,27,31)/t20-/m0/s1. The number of aryl methyl sites for hydroxylation is 1. The van der Waals surface area contributed by atoms with Gasteiger partial charge in [-0.1, -0.05) is 30.3 Å². The van der Waals surface area contributed by atoms with Gasteiger partial charge in [0.2, 0.25) is 5.91 Å². The first-order chi connectivity index (χ1) is 16.7. The third-order valence-corrected chi connectivity index (χ3v) is 6.22. The van der Waals surface area contributed by atoms with Gasteiger partial charge in [0, 0.05) is 38.6 Å². The second-order valence-corrected chi connectivity index (χ2v) is 9.19. The molecule has 1 atom stereocenters. The Labute approximate surface area is 204 Å². The molecule has 3 rings (SSSR count). The minimum Gasteiger partial charge on any atom is -0.497 e. The summed E-state index contributed by atoms with van der Waals surface area (Å²) in [7, 11) is 0.636. The highest BCUT2D eigenvalue weighted by Gasteiger charge is 2.27. The molecule has 3 N–H and O–H groups in total. The van der Waals surface area contributed by atoms with Gasteiger partial charge in [-0.25, -0.2) is 14.5 Å². The largest absolute Gasteiger partial charge is 0.497 e. The number of amides is 3. The zero-order valence-corrected chi connectivity index (χ0v) is 20.5. The quantitative estimate of drug-likeness (QED) is 0.385. The van der Waals surface area contributed by atoms with E-state index in [9.17, 15) is 18.0 Å². The fraction of sp³-hybridized carbons (Fsp3) is 0.261. The number of anilines is 1. The molecule has 0 aliphatic carbocycles. The minimum absolute atomic E-state index is 0.112. The Hall–Kier alpha value is -3.90. The third kappa shape index (κ3) is 7.29. The van der Waals surface area contributed by atoms with E-state index in [2.05, 4.69) is 15.0 Å². The van der Waals surface area contributed by atoms with E-state index < -0.39 is 28.2 Å². The molecule has 0 radical (unpaired) electrons. The third-order valence-electron chi connectivity index (χ3n) is 5.24. The lowest BCUT2D eigenvalue weighted by atomic mass is 10.0. The summed E-state index contributed by atoms with van der Waals surface area (Å²) in [6, 6.07) is 13.9. The molecule has 35 heavy (non-hydrogen) atoms. The Morgan fingerprint density at radius 3 is 2.40 bits per heavy atom. The predicted molar refractivity (Wildman–Crippen MR) is 131 cm³/mol. The van der Waals surface area contributed by atoms with Crippen molar-refractivity contribution in [2.45, 2.75) is 19.0 Å². The Morgan fingerprint density at radius 2 is 1.80 bits per heavy atom. The van der Waals surface area contributed by atoms with Crippen LogP contribution in [0.15, 0.2) is 67.0 Å². The summed E-state index contributed by atoms with van der Waals surface area (Å²) in [5, 5.41) is 2.49. The first-order valence-electron chi connectivity index (χ1n) is 10.7. The van der Waals surface area contributed by atoms with Crippen LogP contribution in [0.2, 0.25) is 0 Å². The Kier molecular flexibility index (Phi) is 8.44. The van der Waals surface area contributed by atoms with E-state index in [0.29, 0.717) is 17.3 Å². The topological polar surface area (TPSA) is 135 Å². The fourth-order valence-electron chi connectivity index (χ4n) is 3.29. The zero-order chi connectivity index (χ0) is 25.4. The molecule has 3 amide bonds. The number of carbonyl (C=O) groups excluding carboxylic acids is 2. The number of likely N-dealkylation sites (N-methyl/N-ethyl adjacent to an activating group) is 1. The van der Waals surface area contributed by atoms with Gasteiger partial charge in [-0.15, -0.1) is 0 Å². The number of hydrogen-bond donors (Lipinski definition) is 3. The number of carbonyl (C=O) groups is 2. The SMILES string of the molecule is COc1ccc(N(C)C(=O)[C@H](Cc2ccccc2)NC(=O)NS(=O)(=O)NCc2nccn2C)cc1. The number of rotatable bonds is 10. The maximum absolute atomic E-state index is 13.3. The van der Waals surface area contributed by atoms with Gasteiger partial charge in [0.05, 0.1) is 13.7 Å². The van der Waals surface area contributed by atoms with Crippen LogP contribution in [-0.4, -0.2) is 50.1 Å². The number of nitrogens with one attached hydrogen (secondary N) is 3. The molecule has 12 heteroatoms. The molecule has 1 aromatic heterocycles. The number of urea groups is 1. The smallest absolute Gasteiger partial charge is 0.330 e. The summed E-state index contributed by atoms with van der Waals surface area (Å²) < 4.78 is 35.6. The van der Waals surface area contributed by atoms with Crippen molar-refractivity contribution in [2.75, 3.05) is 19.1 Å². The molecule has 0 saturated carbocycles. The van der Waals surface area contributed by atoms with Crippen LogP contribution in [0.3, 0.4) is 0 Å². The van der Waals surface area contributed by atoms with Crippen LogP contribution < -0.4 is 24.4 Å². The molecule has 0 spiro atoms. The molecule has 0 fully saturated rings. The maximum atomic E-state index is 13.3. The van der Waals surface area contributed by atoms with Crippen LogP contribution in [0.25, 0.3) is 0 Å². The van der Waals surface area contributed by atoms with E-state index in [1.165, 1.54) is 11.1 Å². The molecule has 0 bridgehead atoms. The van der Waals surface area contributed by atoms with Crippen LogP contribution in [0.4, 0.5) is 10.5 Å². The van der Waals surface area contributed by atoms with Gasteiger partial charge < -0.3 is 19.5 Å². The molecule has 0 aliphatic rings. The number of aromatic nitrogens is 2. The lowest BCUT2D eigenvalue weighted by molar-refractivity contribution is -0.120. The number of imidazole rings is 1. The van der Waals surface area contributed by atoms with E-state index in [4.69, 9.17) is 4.74 Å². The van der Waals surface area contributed by atoms with E-state index in [0.717, 1.165) is 5.56 Å². The zero-order valence-electron chi connectivity index (χ0n) is 19.6. The van der Waals surface area contributed by atoms with E-state index >= 15 is 0 Å². The van der Waals surface area contributed by atoms with Gasteiger partial charge in [-0.05, 0) is 29.8 Å². The van der Waals surface area contributed by atoms with Gasteiger partial charge in [-0.2, -0.15) is 13.1 Å². The van der Waals surface area contributed by atoms with Crippen LogP contribution in [0, 0.1) is 0 Å². The second-order valence-electron chi connectivity index (χ2n) is 7.69. The monoisotopic (exact) mass is 500 g/mol. The molecule has 3 aromatic rings. The Morgan fingerprint density at radius 1 is 1.11 bits per heavy atom. The average molecular weight is 501 g/mol. The van der Waals surface area contributed by atoms with Crippen molar-refractivity contribution < 1.29 is 22.7 Å². The summed E-state index contributed by atoms with van der Waals surface area (Å²) in [4.78, 5) is 31.3. The number of hydrogen-bond acceptors (Lipinski definition) is 6. The van der Waals surface area contributed by atoms with Gasteiger partial charge in [0.1, 0.15) is 17.6 Å². The maximum Gasteiger partial charge on any atom is 0.330 e. The minimum atomic E-state index is -4.20. The van der Waals surface area contributed by atoms with Crippen molar-refractivity contribution in [3.63, 3.8) is 0 Å². The normalized spacial score (nSPS) is 12.0. The molecule has 186 valence electrons. The predicted octanol–water partition coefficient (Wildman–Crippen LogP) is 1.34. The molecule has 2 aromatic carbocycles. The summed E-state index contributed by atoms with van der Waals surface area (Å²) >= 11 is 0. The molecule has 0 saturated heterocycles. The highest BCUT2D eigenvalue weighted by Crippen LogP contribution is 2.19. The van der Waals surface area contributed by atoms with Crippen LogP contribution in [0.5, 0.6) is 5.75 Å². The van der Waals surface area contributed by atoms with Crippen LogP contribution in [-0.2, 0) is 35.0 Å². The Balaban J connectivity index is 1.71. The number of nitrogens with zero attached hydrogens (tertiary/aromatic N) is 3. The summed E-state index contributed by atoms with van der Waals surface area (Å²) in [6.07, 6.45) is 3.36. The van der Waals surface area contributed by atoms with E-state index in [1.54, 1.807) is 56.2 Å². The molecule has 0 unspecified atom stereocenters.